The van der Waals surface area contributed by atoms with Crippen LogP contribution in [0.5, 0.6) is 5.75 Å². The van der Waals surface area contributed by atoms with Gasteiger partial charge in [-0.25, -0.2) is 4.79 Å². The third-order valence-electron chi connectivity index (χ3n) is 5.37. The molecule has 0 bridgehead atoms. The van der Waals surface area contributed by atoms with Gasteiger partial charge >= 0.3 is 47.9 Å². The lowest BCUT2D eigenvalue weighted by molar-refractivity contribution is -0.346. The van der Waals surface area contributed by atoms with Crippen LogP contribution < -0.4 is 10.1 Å². The average molecular weight is 589 g/mol. The van der Waals surface area contributed by atoms with Gasteiger partial charge in [-0.05, 0) is 41.3 Å². The molecule has 1 N–H and O–H groups in total. The van der Waals surface area contributed by atoms with Crippen LogP contribution in [-0.2, 0) is 16.0 Å². The van der Waals surface area contributed by atoms with E-state index in [0.717, 1.165) is 24.3 Å². The minimum absolute atomic E-state index is 0.0513. The molecule has 0 spiro atoms. The van der Waals surface area contributed by atoms with Gasteiger partial charge in [0.1, 0.15) is 5.75 Å². The molecule has 0 unspecified atom stereocenters. The highest BCUT2D eigenvalue weighted by Crippen LogP contribution is 2.49. The molecule has 1 aliphatic carbocycles. The summed E-state index contributed by atoms with van der Waals surface area (Å²) in [7, 11) is 0. The number of rotatable bonds is 6. The number of anilines is 1. The van der Waals surface area contributed by atoms with Crippen molar-refractivity contribution in [3.8, 4) is 16.9 Å². The quantitative estimate of drug-likeness (QED) is 0.196. The number of hydrogen-bond acceptors (Lipinski definition) is 3. The van der Waals surface area contributed by atoms with Crippen LogP contribution in [0.1, 0.15) is 11.1 Å². The first-order chi connectivity index (χ1) is 17.5. The van der Waals surface area contributed by atoms with Gasteiger partial charge in [0.2, 0.25) is 0 Å². The Bertz CT molecular complexity index is 1310. The minimum Gasteiger partial charge on any atom is -0.421 e. The lowest BCUT2D eigenvalue weighted by atomic mass is 10.0. The van der Waals surface area contributed by atoms with Crippen LogP contribution in [0.2, 0.25) is 0 Å². The van der Waals surface area contributed by atoms with Gasteiger partial charge in [-0.15, -0.1) is 0 Å². The maximum Gasteiger partial charge on any atom is 0.460 e. The molecule has 0 radical (unpaired) electrons. The molecule has 3 rings (SSSR count). The maximum atomic E-state index is 13.7. The van der Waals surface area contributed by atoms with E-state index in [0.29, 0.717) is 6.07 Å². The number of carbonyl (C=O) groups excluding carboxylic acids is 2. The van der Waals surface area contributed by atoms with E-state index >= 15 is 0 Å². The number of nitrogens with one attached hydrogen (secondary N) is 1. The van der Waals surface area contributed by atoms with Crippen molar-refractivity contribution >= 4 is 17.6 Å². The molecule has 0 atom stereocenters. The highest BCUT2D eigenvalue weighted by molar-refractivity contribution is 5.98. The van der Waals surface area contributed by atoms with Gasteiger partial charge in [-0.1, -0.05) is 18.2 Å². The summed E-state index contributed by atoms with van der Waals surface area (Å²) in [5, 5.41) is 1.17. The Morgan fingerprint density at radius 1 is 0.692 bits per heavy atom. The van der Waals surface area contributed by atoms with E-state index in [1.807, 2.05) is 0 Å². The second-order valence-electron chi connectivity index (χ2n) is 7.98. The summed E-state index contributed by atoms with van der Waals surface area (Å²) >= 11 is 0. The third kappa shape index (κ3) is 4.73. The summed E-state index contributed by atoms with van der Waals surface area (Å²) in [6.07, 6.45) is -13.9. The number of ether oxygens (including phenoxy) is 1. The molecule has 0 heterocycles. The van der Waals surface area contributed by atoms with E-state index in [1.165, 1.54) is 11.4 Å². The van der Waals surface area contributed by atoms with Gasteiger partial charge in [0.05, 0.1) is 0 Å². The van der Waals surface area contributed by atoms with Gasteiger partial charge in [-0.2, -0.15) is 61.5 Å². The van der Waals surface area contributed by atoms with Crippen molar-refractivity contribution < 1.29 is 75.8 Å². The van der Waals surface area contributed by atoms with Crippen LogP contribution in [0.4, 0.5) is 67.2 Å². The molecular weight excluding hydrogens is 580 g/mol. The fourth-order valence-electron chi connectivity index (χ4n) is 3.38. The van der Waals surface area contributed by atoms with E-state index in [2.05, 4.69) is 4.74 Å². The molecule has 39 heavy (non-hydrogen) atoms. The predicted octanol–water partition coefficient (Wildman–Crippen LogP) is 6.77. The molecule has 2 aromatic rings. The Morgan fingerprint density at radius 3 is 1.77 bits per heavy atom. The Hall–Kier alpha value is -3.60. The summed E-state index contributed by atoms with van der Waals surface area (Å²) in [5.74, 6) is -33.4. The molecule has 0 fully saturated rings. The van der Waals surface area contributed by atoms with Gasteiger partial charge in [0.25, 0.3) is 0 Å². The second-order valence-corrected chi connectivity index (χ2v) is 7.98. The molecule has 0 saturated heterocycles. The van der Waals surface area contributed by atoms with E-state index < -0.39 is 59.4 Å². The number of fused-ring (bicyclic) bond motifs is 3. The molecule has 1 amide bonds. The molecule has 1 aliphatic rings. The van der Waals surface area contributed by atoms with Gasteiger partial charge in [0.15, 0.2) is 0 Å². The monoisotopic (exact) mass is 589 g/mol. The fourth-order valence-corrected chi connectivity index (χ4v) is 3.38. The van der Waals surface area contributed by atoms with Crippen LogP contribution in [-0.4, -0.2) is 47.9 Å². The fraction of sp³-hybridized carbons (Fsp3) is 0.333. The summed E-state index contributed by atoms with van der Waals surface area (Å²) < 4.78 is 185. The first-order valence-electron chi connectivity index (χ1n) is 9.90. The Kier molecular flexibility index (Phi) is 6.89. The molecule has 0 saturated carbocycles. The Balaban J connectivity index is 1.90. The van der Waals surface area contributed by atoms with E-state index in [-0.39, 0.29) is 28.7 Å². The Morgan fingerprint density at radius 2 is 1.23 bits per heavy atom. The summed E-state index contributed by atoms with van der Waals surface area (Å²) in [4.78, 5) is 23.2. The van der Waals surface area contributed by atoms with Crippen molar-refractivity contribution in [3.05, 3.63) is 47.5 Å². The van der Waals surface area contributed by atoms with E-state index in [9.17, 15) is 71.1 Å². The van der Waals surface area contributed by atoms with Crippen LogP contribution in [0.15, 0.2) is 36.4 Å². The molecule has 0 aliphatic heterocycles. The summed E-state index contributed by atoms with van der Waals surface area (Å²) in [5.41, 5.74) is -1.16. The number of alkyl halides is 14. The minimum atomic E-state index is -6.83. The first-order valence-corrected chi connectivity index (χ1v) is 9.90. The summed E-state index contributed by atoms with van der Waals surface area (Å²) in [6, 6.07) is 5.31. The number of carbonyl (C=O) groups is 2. The van der Waals surface area contributed by atoms with Crippen LogP contribution in [0.3, 0.4) is 0 Å². The Labute approximate surface area is 206 Å². The number of benzene rings is 2. The van der Waals surface area contributed by atoms with Crippen LogP contribution >= 0.6 is 0 Å². The van der Waals surface area contributed by atoms with Crippen molar-refractivity contribution in [2.45, 2.75) is 42.5 Å². The van der Waals surface area contributed by atoms with Crippen molar-refractivity contribution in [1.82, 2.24) is 0 Å². The van der Waals surface area contributed by atoms with Gasteiger partial charge in [-0.3, -0.25) is 4.79 Å². The molecule has 18 heteroatoms. The zero-order valence-corrected chi connectivity index (χ0v) is 18.2. The van der Waals surface area contributed by atoms with Gasteiger partial charge in [0, 0.05) is 11.3 Å². The van der Waals surface area contributed by atoms with Crippen molar-refractivity contribution in [2.24, 2.45) is 0 Å². The van der Waals surface area contributed by atoms with E-state index in [1.54, 1.807) is 0 Å². The van der Waals surface area contributed by atoms with Gasteiger partial charge < -0.3 is 10.1 Å². The summed E-state index contributed by atoms with van der Waals surface area (Å²) in [6.45, 7) is 0. The first kappa shape index (κ1) is 29.9. The maximum absolute atomic E-state index is 13.7. The van der Waals surface area contributed by atoms with Crippen molar-refractivity contribution in [2.75, 3.05) is 5.32 Å². The topological polar surface area (TPSA) is 55.4 Å². The number of esters is 1. The molecular formula is C21H9F14NO3. The van der Waals surface area contributed by atoms with Crippen molar-refractivity contribution in [3.63, 3.8) is 0 Å². The van der Waals surface area contributed by atoms with Crippen LogP contribution in [0.25, 0.3) is 11.1 Å². The number of amides is 1. The zero-order valence-electron chi connectivity index (χ0n) is 18.2. The second kappa shape index (κ2) is 8.97. The molecule has 214 valence electrons. The highest BCUT2D eigenvalue weighted by Gasteiger charge is 2.78. The predicted molar refractivity (Wildman–Crippen MR) is 101 cm³/mol. The number of halogens is 14. The standard InChI is InChI=1S/C21H9F14NO3/c22-16(23,18(26,27)20(30,31)32)14(37)36-10-4-5-11-9(7-10)6-8-2-1-3-12(13(8)11)39-15(38)17(24,25)19(28,29)21(33,34)35/h1-5,7H,6H2,(H,36,37). The smallest absolute Gasteiger partial charge is 0.421 e. The molecule has 0 aromatic heterocycles. The highest BCUT2D eigenvalue weighted by atomic mass is 19.4. The molecule has 2 aromatic carbocycles. The number of hydrogen-bond donors (Lipinski definition) is 1. The largest absolute Gasteiger partial charge is 0.460 e. The zero-order chi connectivity index (χ0) is 30.0. The lowest BCUT2D eigenvalue weighted by Crippen LogP contribution is -2.57. The molecule has 4 nitrogen and oxygen atoms in total. The average Bonchev–Trinajstić information content (AvgIpc) is 3.15. The normalized spacial score (nSPS) is 14.5. The van der Waals surface area contributed by atoms with E-state index in [4.69, 9.17) is 0 Å². The lowest BCUT2D eigenvalue weighted by Gasteiger charge is -2.27. The van der Waals surface area contributed by atoms with Crippen LogP contribution in [0, 0.1) is 0 Å². The SMILES string of the molecule is O=C(Nc1ccc2c(c1)Cc1cccc(OC(=O)C(F)(F)C(F)(F)C(F)(F)F)c1-2)C(F)(F)C(F)(F)C(F)(F)F. The van der Waals surface area contributed by atoms with Crippen molar-refractivity contribution in [1.29, 1.82) is 0 Å². The third-order valence-corrected chi connectivity index (χ3v) is 5.37.